The van der Waals surface area contributed by atoms with Crippen molar-refractivity contribution in [1.29, 1.82) is 0 Å². The highest BCUT2D eigenvalue weighted by Crippen LogP contribution is 2.25. The second-order valence-corrected chi connectivity index (χ2v) is 4.04. The topological polar surface area (TPSA) is 50.9 Å². The summed E-state index contributed by atoms with van der Waals surface area (Å²) in [7, 11) is 0. The lowest BCUT2D eigenvalue weighted by atomic mass is 10.1. The van der Waals surface area contributed by atoms with E-state index in [-0.39, 0.29) is 0 Å². The summed E-state index contributed by atoms with van der Waals surface area (Å²) in [6.07, 6.45) is 0. The van der Waals surface area contributed by atoms with Gasteiger partial charge in [0, 0.05) is 15.6 Å². The van der Waals surface area contributed by atoms with Gasteiger partial charge in [0.15, 0.2) is 0 Å². The third-order valence-corrected chi connectivity index (χ3v) is 2.55. The van der Waals surface area contributed by atoms with E-state index in [2.05, 4.69) is 26.3 Å². The number of aromatic nitrogens is 1. The van der Waals surface area contributed by atoms with E-state index in [4.69, 9.17) is 5.84 Å². The standard InChI is InChI=1S/C10H10BrN3/c1-6-4-7-5-8(11)2-3-9(7)10(13-6)14-12/h2-5H,12H2,1H3,(H,13,14). The average molecular weight is 252 g/mol. The fourth-order valence-corrected chi connectivity index (χ4v) is 1.85. The molecule has 4 heteroatoms. The van der Waals surface area contributed by atoms with Crippen molar-refractivity contribution < 1.29 is 0 Å². The number of halogens is 1. The smallest absolute Gasteiger partial charge is 0.148 e. The van der Waals surface area contributed by atoms with E-state index in [1.165, 1.54) is 0 Å². The molecule has 0 bridgehead atoms. The first-order chi connectivity index (χ1) is 6.70. The van der Waals surface area contributed by atoms with Crippen molar-refractivity contribution >= 4 is 32.5 Å². The van der Waals surface area contributed by atoms with Crippen molar-refractivity contribution in [1.82, 2.24) is 4.98 Å². The molecule has 0 unspecified atom stereocenters. The van der Waals surface area contributed by atoms with Crippen LogP contribution in [0, 0.1) is 6.92 Å². The number of aryl methyl sites for hydroxylation is 1. The van der Waals surface area contributed by atoms with Crippen LogP contribution in [-0.2, 0) is 0 Å². The molecule has 1 aromatic heterocycles. The monoisotopic (exact) mass is 251 g/mol. The lowest BCUT2D eigenvalue weighted by molar-refractivity contribution is 1.18. The predicted molar refractivity (Wildman–Crippen MR) is 62.0 cm³/mol. The van der Waals surface area contributed by atoms with E-state index in [1.807, 2.05) is 31.2 Å². The first kappa shape index (κ1) is 9.43. The lowest BCUT2D eigenvalue weighted by Gasteiger charge is -2.06. The Balaban J connectivity index is 2.81. The summed E-state index contributed by atoms with van der Waals surface area (Å²) in [6.45, 7) is 1.95. The van der Waals surface area contributed by atoms with Gasteiger partial charge in [0.2, 0.25) is 0 Å². The van der Waals surface area contributed by atoms with Crippen LogP contribution in [0.1, 0.15) is 5.69 Å². The third-order valence-electron chi connectivity index (χ3n) is 2.06. The number of nitrogens with zero attached hydrogens (tertiary/aromatic N) is 1. The summed E-state index contributed by atoms with van der Waals surface area (Å²) < 4.78 is 1.05. The summed E-state index contributed by atoms with van der Waals surface area (Å²) in [6, 6.07) is 8.03. The number of nitrogen functional groups attached to an aromatic ring is 1. The van der Waals surface area contributed by atoms with Gasteiger partial charge in [0.05, 0.1) is 0 Å². The van der Waals surface area contributed by atoms with Crippen LogP contribution in [0.2, 0.25) is 0 Å². The summed E-state index contributed by atoms with van der Waals surface area (Å²) in [5.74, 6) is 6.11. The number of hydrogen-bond acceptors (Lipinski definition) is 3. The molecule has 2 rings (SSSR count). The van der Waals surface area contributed by atoms with Crippen LogP contribution in [0.5, 0.6) is 0 Å². The number of nitrogens with two attached hydrogens (primary N) is 1. The molecule has 0 aliphatic heterocycles. The van der Waals surface area contributed by atoms with Gasteiger partial charge >= 0.3 is 0 Å². The highest BCUT2D eigenvalue weighted by molar-refractivity contribution is 9.10. The number of nitrogens with one attached hydrogen (secondary N) is 1. The maximum Gasteiger partial charge on any atom is 0.148 e. The van der Waals surface area contributed by atoms with Crippen molar-refractivity contribution in [3.05, 3.63) is 34.4 Å². The molecule has 3 N–H and O–H groups in total. The lowest BCUT2D eigenvalue weighted by Crippen LogP contribution is -2.09. The van der Waals surface area contributed by atoms with Gasteiger partial charge in [-0.2, -0.15) is 0 Å². The highest BCUT2D eigenvalue weighted by Gasteiger charge is 2.02. The summed E-state index contributed by atoms with van der Waals surface area (Å²) in [4.78, 5) is 4.30. The quantitative estimate of drug-likeness (QED) is 0.605. The third kappa shape index (κ3) is 1.58. The minimum absolute atomic E-state index is 0.715. The second kappa shape index (κ2) is 3.55. The van der Waals surface area contributed by atoms with Crippen molar-refractivity contribution in [2.24, 2.45) is 5.84 Å². The minimum atomic E-state index is 0.715. The number of hydrogen-bond donors (Lipinski definition) is 2. The molecule has 2 aromatic rings. The number of fused-ring (bicyclic) bond motifs is 1. The van der Waals surface area contributed by atoms with Gasteiger partial charge in [0.1, 0.15) is 5.82 Å². The number of hydrazine groups is 1. The molecule has 1 heterocycles. The molecular formula is C10H10BrN3. The van der Waals surface area contributed by atoms with Crippen LogP contribution < -0.4 is 11.3 Å². The molecular weight excluding hydrogens is 242 g/mol. The van der Waals surface area contributed by atoms with Gasteiger partial charge in [-0.1, -0.05) is 15.9 Å². The van der Waals surface area contributed by atoms with Crippen molar-refractivity contribution in [3.63, 3.8) is 0 Å². The normalized spacial score (nSPS) is 10.5. The Hall–Kier alpha value is -1.13. The summed E-state index contributed by atoms with van der Waals surface area (Å²) >= 11 is 3.43. The number of rotatable bonds is 1. The van der Waals surface area contributed by atoms with Crippen molar-refractivity contribution in [3.8, 4) is 0 Å². The second-order valence-electron chi connectivity index (χ2n) is 3.12. The number of benzene rings is 1. The molecule has 0 saturated heterocycles. The zero-order valence-corrected chi connectivity index (χ0v) is 9.30. The summed E-state index contributed by atoms with van der Waals surface area (Å²) in [5.41, 5.74) is 3.55. The fourth-order valence-electron chi connectivity index (χ4n) is 1.47. The molecule has 0 amide bonds. The predicted octanol–water partition coefficient (Wildman–Crippen LogP) is 2.59. The molecule has 0 radical (unpaired) electrons. The minimum Gasteiger partial charge on any atom is -0.308 e. The van der Waals surface area contributed by atoms with E-state index in [0.717, 1.165) is 20.9 Å². The molecule has 0 aliphatic carbocycles. The molecule has 14 heavy (non-hydrogen) atoms. The van der Waals surface area contributed by atoms with Crippen molar-refractivity contribution in [2.75, 3.05) is 5.43 Å². The van der Waals surface area contributed by atoms with Crippen LogP contribution in [0.15, 0.2) is 28.7 Å². The Morgan fingerprint density at radius 2 is 2.14 bits per heavy atom. The molecule has 0 atom stereocenters. The van der Waals surface area contributed by atoms with Crippen LogP contribution in [-0.4, -0.2) is 4.98 Å². The zero-order chi connectivity index (χ0) is 10.1. The highest BCUT2D eigenvalue weighted by atomic mass is 79.9. The van der Waals surface area contributed by atoms with Crippen LogP contribution >= 0.6 is 15.9 Å². The zero-order valence-electron chi connectivity index (χ0n) is 7.71. The Morgan fingerprint density at radius 3 is 2.86 bits per heavy atom. The van der Waals surface area contributed by atoms with E-state index < -0.39 is 0 Å². The van der Waals surface area contributed by atoms with Crippen LogP contribution in [0.3, 0.4) is 0 Å². The van der Waals surface area contributed by atoms with E-state index in [9.17, 15) is 0 Å². The fraction of sp³-hybridized carbons (Fsp3) is 0.100. The molecule has 1 aromatic carbocycles. The largest absolute Gasteiger partial charge is 0.308 e. The van der Waals surface area contributed by atoms with Gasteiger partial charge < -0.3 is 5.43 Å². The van der Waals surface area contributed by atoms with Gasteiger partial charge in [-0.25, -0.2) is 10.8 Å². The van der Waals surface area contributed by atoms with Crippen LogP contribution in [0.25, 0.3) is 10.8 Å². The molecule has 0 spiro atoms. The molecule has 3 nitrogen and oxygen atoms in total. The number of pyridine rings is 1. The Morgan fingerprint density at radius 1 is 1.36 bits per heavy atom. The first-order valence-corrected chi connectivity index (χ1v) is 5.03. The SMILES string of the molecule is Cc1cc2cc(Br)ccc2c(NN)n1. The Kier molecular flexibility index (Phi) is 2.39. The Bertz CT molecular complexity index is 477. The molecule has 0 fully saturated rings. The maximum absolute atomic E-state index is 5.40. The molecule has 0 aliphatic rings. The van der Waals surface area contributed by atoms with Gasteiger partial charge in [0.25, 0.3) is 0 Å². The maximum atomic E-state index is 5.40. The number of anilines is 1. The first-order valence-electron chi connectivity index (χ1n) is 4.24. The molecule has 72 valence electrons. The summed E-state index contributed by atoms with van der Waals surface area (Å²) in [5, 5.41) is 2.15. The van der Waals surface area contributed by atoms with Gasteiger partial charge in [-0.05, 0) is 36.6 Å². The van der Waals surface area contributed by atoms with Crippen molar-refractivity contribution in [2.45, 2.75) is 6.92 Å². The van der Waals surface area contributed by atoms with Gasteiger partial charge in [-0.15, -0.1) is 0 Å². The Labute approximate surface area is 90.4 Å². The van der Waals surface area contributed by atoms with Crippen LogP contribution in [0.4, 0.5) is 5.82 Å². The molecule has 0 saturated carbocycles. The van der Waals surface area contributed by atoms with E-state index in [0.29, 0.717) is 5.82 Å². The van der Waals surface area contributed by atoms with E-state index in [1.54, 1.807) is 0 Å². The van der Waals surface area contributed by atoms with Gasteiger partial charge in [-0.3, -0.25) is 0 Å². The average Bonchev–Trinajstić information content (AvgIpc) is 2.15. The van der Waals surface area contributed by atoms with E-state index >= 15 is 0 Å².